The van der Waals surface area contributed by atoms with Crippen LogP contribution in [-0.2, 0) is 4.74 Å². The number of aliphatic imine (C=N–C) groups is 2. The van der Waals surface area contributed by atoms with E-state index in [1.54, 1.807) is 48.0 Å². The molecule has 0 aliphatic carbocycles. The molecule has 0 saturated carbocycles. The number of esters is 1. The van der Waals surface area contributed by atoms with Crippen LogP contribution >= 0.6 is 0 Å². The average molecular weight is 598 g/mol. The van der Waals surface area contributed by atoms with Gasteiger partial charge in [-0.25, -0.2) is 19.5 Å². The highest BCUT2D eigenvalue weighted by molar-refractivity contribution is 6.51. The zero-order chi connectivity index (χ0) is 31.1. The van der Waals surface area contributed by atoms with E-state index in [0.29, 0.717) is 40.0 Å². The van der Waals surface area contributed by atoms with Crippen LogP contribution in [0, 0.1) is 17.0 Å². The number of carbonyl (C=O) groups is 1. The molecule has 0 saturated heterocycles. The Kier molecular flexibility index (Phi) is 6.89. The van der Waals surface area contributed by atoms with Crippen molar-refractivity contribution in [2.75, 3.05) is 16.8 Å². The first-order valence-electron chi connectivity index (χ1n) is 14.4. The van der Waals surface area contributed by atoms with Crippen molar-refractivity contribution in [2.45, 2.75) is 19.9 Å². The monoisotopic (exact) mass is 597 g/mol. The zero-order valence-electron chi connectivity index (χ0n) is 24.4. The minimum absolute atomic E-state index is 0.00906. The lowest BCUT2D eigenvalue weighted by Crippen LogP contribution is -2.46. The Morgan fingerprint density at radius 1 is 0.956 bits per heavy atom. The Hall–Kier alpha value is -6.10. The average Bonchev–Trinajstić information content (AvgIpc) is 3.40. The van der Waals surface area contributed by atoms with Crippen LogP contribution in [0.5, 0.6) is 0 Å². The molecule has 1 N–H and O–H groups in total. The van der Waals surface area contributed by atoms with Gasteiger partial charge in [-0.05, 0) is 67.9 Å². The fourth-order valence-corrected chi connectivity index (χ4v) is 5.71. The van der Waals surface area contributed by atoms with Gasteiger partial charge in [0.05, 0.1) is 45.9 Å². The Balaban J connectivity index is 1.43. The number of non-ortho nitro benzene ring substituents is 1. The predicted octanol–water partition coefficient (Wildman–Crippen LogP) is 7.06. The third kappa shape index (κ3) is 4.89. The number of aromatic nitrogens is 2. The Morgan fingerprint density at radius 3 is 2.47 bits per heavy atom. The van der Waals surface area contributed by atoms with Crippen molar-refractivity contribution in [1.29, 1.82) is 0 Å². The lowest BCUT2D eigenvalue weighted by atomic mass is 9.93. The van der Waals surface area contributed by atoms with E-state index >= 15 is 0 Å². The summed E-state index contributed by atoms with van der Waals surface area (Å²) >= 11 is 0. The first-order chi connectivity index (χ1) is 21.9. The quantitative estimate of drug-likeness (QED) is 0.126. The normalized spacial score (nSPS) is 14.8. The summed E-state index contributed by atoms with van der Waals surface area (Å²) in [4.78, 5) is 35.9. The van der Waals surface area contributed by atoms with Gasteiger partial charge in [0.2, 0.25) is 0 Å². The van der Waals surface area contributed by atoms with Crippen molar-refractivity contribution in [1.82, 2.24) is 9.78 Å². The third-order valence-corrected chi connectivity index (χ3v) is 7.69. The molecule has 0 amide bonds. The lowest BCUT2D eigenvalue weighted by molar-refractivity contribution is -0.384. The number of nitro benzene ring substituents is 1. The molecule has 2 aliphatic heterocycles. The van der Waals surface area contributed by atoms with E-state index in [4.69, 9.17) is 19.8 Å². The molecule has 5 aromatic rings. The molecule has 11 heteroatoms. The highest BCUT2D eigenvalue weighted by Crippen LogP contribution is 2.48. The standard InChI is InChI=1S/C34H27N7O4/c1-3-45-34(42)22-16-18-24(19-17-22)35-31-33-37-32-29(21(2)38-40(32)25-11-5-4-6-12-25)30(23-10-9-13-26(20-23)41(43)44)39(33)28-15-8-7-14-27(28)36-31/h4-20,30H,3H2,1-2H3,(H,35,36). The van der Waals surface area contributed by atoms with Crippen LogP contribution in [0.25, 0.3) is 5.69 Å². The molecule has 2 aliphatic rings. The summed E-state index contributed by atoms with van der Waals surface area (Å²) in [5.74, 6) is 1.20. The smallest absolute Gasteiger partial charge is 0.338 e. The van der Waals surface area contributed by atoms with E-state index < -0.39 is 12.0 Å². The van der Waals surface area contributed by atoms with Crippen LogP contribution in [0.4, 0.5) is 28.6 Å². The summed E-state index contributed by atoms with van der Waals surface area (Å²) in [5.41, 5.74) is 5.74. The number of nitrogens with one attached hydrogen (secondary N) is 1. The fourth-order valence-electron chi connectivity index (χ4n) is 5.71. The molecule has 0 spiro atoms. The Morgan fingerprint density at radius 2 is 1.71 bits per heavy atom. The lowest BCUT2D eigenvalue weighted by Gasteiger charge is -2.40. The second kappa shape index (κ2) is 11.2. The maximum atomic E-state index is 12.2. The summed E-state index contributed by atoms with van der Waals surface area (Å²) in [6, 6.07) is 30.5. The maximum Gasteiger partial charge on any atom is 0.338 e. The van der Waals surface area contributed by atoms with E-state index in [0.717, 1.165) is 22.6 Å². The molecule has 45 heavy (non-hydrogen) atoms. The van der Waals surface area contributed by atoms with Crippen molar-refractivity contribution in [3.05, 3.63) is 136 Å². The van der Waals surface area contributed by atoms with Gasteiger partial charge in [-0.1, -0.05) is 42.5 Å². The van der Waals surface area contributed by atoms with Gasteiger partial charge in [-0.2, -0.15) is 5.10 Å². The highest BCUT2D eigenvalue weighted by atomic mass is 16.6. The number of rotatable bonds is 6. The minimum Gasteiger partial charge on any atom is -0.462 e. The van der Waals surface area contributed by atoms with Crippen molar-refractivity contribution in [3.8, 4) is 5.69 Å². The molecule has 0 fully saturated rings. The van der Waals surface area contributed by atoms with Gasteiger partial charge in [-0.15, -0.1) is 0 Å². The summed E-state index contributed by atoms with van der Waals surface area (Å²) in [7, 11) is 0. The topological polar surface area (TPSA) is 127 Å². The number of para-hydroxylation sites is 3. The minimum atomic E-state index is -0.510. The molecule has 1 aromatic heterocycles. The van der Waals surface area contributed by atoms with Crippen molar-refractivity contribution in [3.63, 3.8) is 0 Å². The van der Waals surface area contributed by atoms with E-state index in [9.17, 15) is 14.9 Å². The van der Waals surface area contributed by atoms with E-state index in [-0.39, 0.29) is 17.2 Å². The molecule has 0 bridgehead atoms. The zero-order valence-corrected chi connectivity index (χ0v) is 24.4. The molecule has 11 nitrogen and oxygen atoms in total. The maximum absolute atomic E-state index is 12.2. The number of nitrogens with zero attached hydrogens (tertiary/aromatic N) is 6. The SMILES string of the molecule is CCOC(=O)c1ccc(NC2=Nc3ccccc3N3C2=Nc2c(c(C)nn2-c2ccccc2)C3c2cccc([N+](=O)[O-])c2)cc1. The van der Waals surface area contributed by atoms with E-state index in [1.807, 2.05) is 67.6 Å². The van der Waals surface area contributed by atoms with E-state index in [1.165, 1.54) is 6.07 Å². The van der Waals surface area contributed by atoms with Gasteiger partial charge in [0.1, 0.15) is 0 Å². The second-order valence-electron chi connectivity index (χ2n) is 10.5. The molecule has 3 heterocycles. The molecule has 7 rings (SSSR count). The number of hydrogen-bond acceptors (Lipinski definition) is 9. The van der Waals surface area contributed by atoms with Gasteiger partial charge < -0.3 is 15.0 Å². The van der Waals surface area contributed by atoms with Gasteiger partial charge in [0.25, 0.3) is 5.69 Å². The largest absolute Gasteiger partial charge is 0.462 e. The van der Waals surface area contributed by atoms with Crippen molar-refractivity contribution in [2.24, 2.45) is 9.98 Å². The molecule has 1 unspecified atom stereocenters. The van der Waals surface area contributed by atoms with Gasteiger partial charge in [-0.3, -0.25) is 10.1 Å². The number of ether oxygens (including phenoxy) is 1. The van der Waals surface area contributed by atoms with Crippen molar-refractivity contribution < 1.29 is 14.5 Å². The second-order valence-corrected chi connectivity index (χ2v) is 10.5. The van der Waals surface area contributed by atoms with Gasteiger partial charge >= 0.3 is 5.97 Å². The first kappa shape index (κ1) is 27.7. The molecule has 222 valence electrons. The summed E-state index contributed by atoms with van der Waals surface area (Å²) in [6.45, 7) is 3.98. The van der Waals surface area contributed by atoms with Gasteiger partial charge in [0.15, 0.2) is 17.5 Å². The third-order valence-electron chi connectivity index (χ3n) is 7.69. The Labute approximate surface area is 258 Å². The molecular formula is C34H27N7O4. The van der Waals surface area contributed by atoms with Crippen molar-refractivity contribution >= 4 is 46.2 Å². The van der Waals surface area contributed by atoms with Crippen LogP contribution in [0.2, 0.25) is 0 Å². The fraction of sp³-hybridized carbons (Fsp3) is 0.118. The van der Waals surface area contributed by atoms with Crippen LogP contribution in [0.1, 0.15) is 40.1 Å². The molecule has 0 radical (unpaired) electrons. The van der Waals surface area contributed by atoms with E-state index in [2.05, 4.69) is 10.2 Å². The number of nitro groups is 1. The summed E-state index contributed by atoms with van der Waals surface area (Å²) in [5, 5.41) is 20.2. The first-order valence-corrected chi connectivity index (χ1v) is 14.4. The number of fused-ring (bicyclic) bond motifs is 4. The molecular weight excluding hydrogens is 570 g/mol. The van der Waals surface area contributed by atoms with Crippen LogP contribution in [0.15, 0.2) is 113 Å². The highest BCUT2D eigenvalue weighted by Gasteiger charge is 2.41. The van der Waals surface area contributed by atoms with Crippen LogP contribution < -0.4 is 10.2 Å². The number of anilines is 2. The number of amidine groups is 2. The molecule has 4 aromatic carbocycles. The summed E-state index contributed by atoms with van der Waals surface area (Å²) in [6.07, 6.45) is 0. The number of aryl methyl sites for hydroxylation is 1. The number of benzene rings is 4. The number of carbonyl (C=O) groups excluding carboxylic acids is 1. The van der Waals surface area contributed by atoms with Crippen LogP contribution in [-0.4, -0.2) is 39.0 Å². The predicted molar refractivity (Wildman–Crippen MR) is 172 cm³/mol. The number of hydrogen-bond donors (Lipinski definition) is 1. The van der Waals surface area contributed by atoms with Crippen LogP contribution in [0.3, 0.4) is 0 Å². The Bertz CT molecular complexity index is 2020. The van der Waals surface area contributed by atoms with Gasteiger partial charge in [0, 0.05) is 23.4 Å². The molecule has 1 atom stereocenters. The summed E-state index contributed by atoms with van der Waals surface area (Å²) < 4.78 is 6.93.